The van der Waals surface area contributed by atoms with Crippen LogP contribution in [-0.2, 0) is 16.1 Å². The summed E-state index contributed by atoms with van der Waals surface area (Å²) in [7, 11) is 0. The second-order valence-electron chi connectivity index (χ2n) is 7.38. The average molecular weight is 314 g/mol. The van der Waals surface area contributed by atoms with Crippen LogP contribution in [-0.4, -0.2) is 41.2 Å². The molecule has 2 atom stereocenters. The summed E-state index contributed by atoms with van der Waals surface area (Å²) in [6, 6.07) is 10.1. The van der Waals surface area contributed by atoms with Crippen molar-refractivity contribution in [3.63, 3.8) is 0 Å². The molecular formula is C19H26N2O2. The van der Waals surface area contributed by atoms with Crippen LogP contribution < -0.4 is 0 Å². The van der Waals surface area contributed by atoms with Gasteiger partial charge in [0.2, 0.25) is 11.8 Å². The SMILES string of the molecule is CC(C)CC(=O)N1C[C@H]2CN(Cc3ccccc3)C(=O)C[C@H]2C1. The molecule has 0 saturated carbocycles. The molecule has 0 aromatic heterocycles. The van der Waals surface area contributed by atoms with E-state index in [1.165, 1.54) is 5.56 Å². The topological polar surface area (TPSA) is 40.6 Å². The Labute approximate surface area is 138 Å². The molecule has 0 spiro atoms. The van der Waals surface area contributed by atoms with Crippen LogP contribution >= 0.6 is 0 Å². The molecule has 124 valence electrons. The van der Waals surface area contributed by atoms with Crippen molar-refractivity contribution >= 4 is 11.8 Å². The first-order valence-electron chi connectivity index (χ1n) is 8.62. The highest BCUT2D eigenvalue weighted by molar-refractivity contribution is 5.79. The fourth-order valence-electron chi connectivity index (χ4n) is 3.75. The molecule has 2 fully saturated rings. The minimum Gasteiger partial charge on any atom is -0.342 e. The van der Waals surface area contributed by atoms with E-state index >= 15 is 0 Å². The van der Waals surface area contributed by atoms with E-state index < -0.39 is 0 Å². The molecule has 1 aromatic carbocycles. The van der Waals surface area contributed by atoms with Gasteiger partial charge < -0.3 is 9.80 Å². The minimum absolute atomic E-state index is 0.230. The summed E-state index contributed by atoms with van der Waals surface area (Å²) in [6.45, 7) is 7.20. The minimum atomic E-state index is 0.230. The van der Waals surface area contributed by atoms with Crippen LogP contribution in [0.4, 0.5) is 0 Å². The molecule has 0 aliphatic carbocycles. The Morgan fingerprint density at radius 1 is 1.13 bits per heavy atom. The Morgan fingerprint density at radius 3 is 2.52 bits per heavy atom. The van der Waals surface area contributed by atoms with E-state index in [0.717, 1.165) is 19.6 Å². The third-order valence-corrected chi connectivity index (χ3v) is 4.97. The largest absolute Gasteiger partial charge is 0.342 e. The lowest BCUT2D eigenvalue weighted by Gasteiger charge is -2.34. The Morgan fingerprint density at radius 2 is 1.83 bits per heavy atom. The lowest BCUT2D eigenvalue weighted by molar-refractivity contribution is -0.137. The maximum atomic E-state index is 12.4. The maximum absolute atomic E-state index is 12.4. The number of benzene rings is 1. The van der Waals surface area contributed by atoms with Crippen LogP contribution in [0.25, 0.3) is 0 Å². The maximum Gasteiger partial charge on any atom is 0.223 e. The predicted molar refractivity (Wildman–Crippen MR) is 89.5 cm³/mol. The second-order valence-corrected chi connectivity index (χ2v) is 7.38. The van der Waals surface area contributed by atoms with Gasteiger partial charge in [-0.15, -0.1) is 0 Å². The molecule has 2 saturated heterocycles. The van der Waals surface area contributed by atoms with Gasteiger partial charge in [0.15, 0.2) is 0 Å². The summed E-state index contributed by atoms with van der Waals surface area (Å²) < 4.78 is 0. The molecule has 4 heteroatoms. The van der Waals surface area contributed by atoms with Crippen LogP contribution in [0.1, 0.15) is 32.3 Å². The van der Waals surface area contributed by atoms with E-state index in [1.54, 1.807) is 0 Å². The fourth-order valence-corrected chi connectivity index (χ4v) is 3.75. The molecular weight excluding hydrogens is 288 g/mol. The lowest BCUT2D eigenvalue weighted by atomic mass is 9.88. The van der Waals surface area contributed by atoms with Crippen LogP contribution in [0.3, 0.4) is 0 Å². The van der Waals surface area contributed by atoms with Gasteiger partial charge in [-0.05, 0) is 23.3 Å². The summed E-state index contributed by atoms with van der Waals surface area (Å²) >= 11 is 0. The number of fused-ring (bicyclic) bond motifs is 1. The molecule has 0 unspecified atom stereocenters. The van der Waals surface area contributed by atoms with Gasteiger partial charge in [-0.1, -0.05) is 44.2 Å². The number of nitrogens with zero attached hydrogens (tertiary/aromatic N) is 2. The Balaban J connectivity index is 1.61. The first-order chi connectivity index (χ1) is 11.0. The highest BCUT2D eigenvalue weighted by Gasteiger charge is 2.41. The van der Waals surface area contributed by atoms with Crippen LogP contribution in [0.15, 0.2) is 30.3 Å². The highest BCUT2D eigenvalue weighted by atomic mass is 16.2. The first kappa shape index (κ1) is 16.0. The molecule has 2 aliphatic heterocycles. The highest BCUT2D eigenvalue weighted by Crippen LogP contribution is 2.33. The van der Waals surface area contributed by atoms with E-state index in [1.807, 2.05) is 28.0 Å². The zero-order valence-corrected chi connectivity index (χ0v) is 14.1. The lowest BCUT2D eigenvalue weighted by Crippen LogP contribution is -2.43. The number of carbonyl (C=O) groups excluding carboxylic acids is 2. The Kier molecular flexibility index (Phi) is 4.69. The number of carbonyl (C=O) groups is 2. The van der Waals surface area contributed by atoms with E-state index in [-0.39, 0.29) is 11.8 Å². The normalized spacial score (nSPS) is 24.2. The van der Waals surface area contributed by atoms with E-state index in [4.69, 9.17) is 0 Å². The molecule has 2 aliphatic rings. The van der Waals surface area contributed by atoms with Gasteiger partial charge in [0.25, 0.3) is 0 Å². The number of likely N-dealkylation sites (tertiary alicyclic amines) is 2. The predicted octanol–water partition coefficient (Wildman–Crippen LogP) is 2.54. The zero-order valence-electron chi connectivity index (χ0n) is 14.1. The van der Waals surface area contributed by atoms with Crippen molar-refractivity contribution in [1.29, 1.82) is 0 Å². The third kappa shape index (κ3) is 3.74. The Bertz CT molecular complexity index is 570. The monoisotopic (exact) mass is 314 g/mol. The molecule has 0 N–H and O–H groups in total. The van der Waals surface area contributed by atoms with E-state index in [0.29, 0.717) is 37.1 Å². The van der Waals surface area contributed by atoms with Crippen molar-refractivity contribution < 1.29 is 9.59 Å². The van der Waals surface area contributed by atoms with Crippen molar-refractivity contribution in [3.05, 3.63) is 35.9 Å². The van der Waals surface area contributed by atoms with Crippen LogP contribution in [0.5, 0.6) is 0 Å². The average Bonchev–Trinajstić information content (AvgIpc) is 2.91. The first-order valence-corrected chi connectivity index (χ1v) is 8.62. The van der Waals surface area contributed by atoms with E-state index in [2.05, 4.69) is 26.0 Å². The summed E-state index contributed by atoms with van der Waals surface area (Å²) in [4.78, 5) is 28.6. The smallest absolute Gasteiger partial charge is 0.223 e. The second kappa shape index (κ2) is 6.73. The molecule has 4 nitrogen and oxygen atoms in total. The molecule has 1 aromatic rings. The Hall–Kier alpha value is -1.84. The van der Waals surface area contributed by atoms with Gasteiger partial charge in [-0.25, -0.2) is 0 Å². The van der Waals surface area contributed by atoms with Gasteiger partial charge in [0, 0.05) is 39.0 Å². The van der Waals surface area contributed by atoms with Crippen molar-refractivity contribution in [2.45, 2.75) is 33.2 Å². The van der Waals surface area contributed by atoms with Gasteiger partial charge in [0.05, 0.1) is 0 Å². The van der Waals surface area contributed by atoms with Gasteiger partial charge in [-0.3, -0.25) is 9.59 Å². The van der Waals surface area contributed by atoms with Crippen molar-refractivity contribution in [2.75, 3.05) is 19.6 Å². The standard InChI is InChI=1S/C19H26N2O2/c1-14(2)8-18(22)21-11-16-9-19(23)20(12-17(16)13-21)10-15-6-4-3-5-7-15/h3-7,14,16-17H,8-13H2,1-2H3/t16-,17+/m0/s1. The molecule has 0 radical (unpaired) electrons. The number of hydrogen-bond acceptors (Lipinski definition) is 2. The van der Waals surface area contributed by atoms with Crippen molar-refractivity contribution in [2.24, 2.45) is 17.8 Å². The van der Waals surface area contributed by atoms with Crippen LogP contribution in [0, 0.1) is 17.8 Å². The molecule has 2 heterocycles. The summed E-state index contributed by atoms with van der Waals surface area (Å²) in [6.07, 6.45) is 1.20. The zero-order chi connectivity index (χ0) is 16.4. The van der Waals surface area contributed by atoms with Crippen LogP contribution in [0.2, 0.25) is 0 Å². The molecule has 3 rings (SSSR count). The quantitative estimate of drug-likeness (QED) is 0.857. The van der Waals surface area contributed by atoms with Gasteiger partial charge in [-0.2, -0.15) is 0 Å². The number of hydrogen-bond donors (Lipinski definition) is 0. The van der Waals surface area contributed by atoms with Crippen molar-refractivity contribution in [1.82, 2.24) is 9.80 Å². The molecule has 0 bridgehead atoms. The summed E-state index contributed by atoms with van der Waals surface area (Å²) in [5.41, 5.74) is 1.17. The third-order valence-electron chi connectivity index (χ3n) is 4.97. The van der Waals surface area contributed by atoms with Gasteiger partial charge >= 0.3 is 0 Å². The van der Waals surface area contributed by atoms with Gasteiger partial charge in [0.1, 0.15) is 0 Å². The number of amides is 2. The number of rotatable bonds is 4. The molecule has 23 heavy (non-hydrogen) atoms. The fraction of sp³-hybridized carbons (Fsp3) is 0.579. The van der Waals surface area contributed by atoms with E-state index in [9.17, 15) is 9.59 Å². The van der Waals surface area contributed by atoms with Crippen molar-refractivity contribution in [3.8, 4) is 0 Å². The number of piperidine rings is 1. The summed E-state index contributed by atoms with van der Waals surface area (Å²) in [5, 5.41) is 0. The molecule has 2 amide bonds. The summed E-state index contributed by atoms with van der Waals surface area (Å²) in [5.74, 6) is 1.66.